The lowest BCUT2D eigenvalue weighted by molar-refractivity contribution is 0.100. The maximum Gasteiger partial charge on any atom is 0.492 e. The van der Waals surface area contributed by atoms with Crippen molar-refractivity contribution in [3.63, 3.8) is 0 Å². The van der Waals surface area contributed by atoms with Gasteiger partial charge in [0.25, 0.3) is 5.91 Å². The molecule has 6 heteroatoms. The number of carbonyl (C=O) groups is 1. The van der Waals surface area contributed by atoms with Gasteiger partial charge in [-0.15, -0.1) is 0 Å². The summed E-state index contributed by atoms with van der Waals surface area (Å²) in [7, 11) is -0.984. The zero-order valence-corrected chi connectivity index (χ0v) is 14.0. The second-order valence-electron chi connectivity index (χ2n) is 6.17. The number of nitrogens with one attached hydrogen (secondary N) is 1. The molecular formula is C18H20BNO4. The molecule has 0 saturated heterocycles. The van der Waals surface area contributed by atoms with E-state index in [0.717, 1.165) is 5.56 Å². The molecule has 1 aliphatic heterocycles. The van der Waals surface area contributed by atoms with Crippen LogP contribution in [0.5, 0.6) is 5.75 Å². The molecule has 0 bridgehead atoms. The van der Waals surface area contributed by atoms with Gasteiger partial charge in [0, 0.05) is 5.69 Å². The van der Waals surface area contributed by atoms with Crippen LogP contribution in [0.3, 0.4) is 0 Å². The molecule has 1 amide bonds. The Kier molecular flexibility index (Phi) is 4.34. The van der Waals surface area contributed by atoms with Crippen LogP contribution in [0.25, 0.3) is 0 Å². The van der Waals surface area contributed by atoms with Gasteiger partial charge in [0.2, 0.25) is 0 Å². The third kappa shape index (κ3) is 3.03. The average molecular weight is 325 g/mol. The van der Waals surface area contributed by atoms with Crippen LogP contribution in [-0.2, 0) is 10.3 Å². The van der Waals surface area contributed by atoms with Gasteiger partial charge in [0.1, 0.15) is 5.75 Å². The quantitative estimate of drug-likeness (QED) is 0.847. The van der Waals surface area contributed by atoms with Crippen molar-refractivity contribution in [3.8, 4) is 5.75 Å². The van der Waals surface area contributed by atoms with Crippen molar-refractivity contribution in [2.24, 2.45) is 0 Å². The first kappa shape index (κ1) is 16.5. The number of para-hydroxylation sites is 1. The summed E-state index contributed by atoms with van der Waals surface area (Å²) in [6, 6.07) is 12.5. The fourth-order valence-corrected chi connectivity index (χ4v) is 2.93. The summed E-state index contributed by atoms with van der Waals surface area (Å²) in [6.07, 6.45) is 0. The summed E-state index contributed by atoms with van der Waals surface area (Å²) < 4.78 is 11.0. The third-order valence-corrected chi connectivity index (χ3v) is 4.06. The molecule has 0 atom stereocenters. The molecule has 2 aromatic carbocycles. The molecule has 1 aliphatic rings. The van der Waals surface area contributed by atoms with E-state index in [1.54, 1.807) is 24.3 Å². The topological polar surface area (TPSA) is 67.8 Å². The third-order valence-electron chi connectivity index (χ3n) is 4.06. The van der Waals surface area contributed by atoms with E-state index in [9.17, 15) is 9.82 Å². The van der Waals surface area contributed by atoms with Crippen LogP contribution in [-0.4, -0.2) is 24.7 Å². The van der Waals surface area contributed by atoms with Crippen LogP contribution in [0.1, 0.15) is 36.7 Å². The summed E-state index contributed by atoms with van der Waals surface area (Å²) in [4.78, 5) is 12.5. The number of carbonyl (C=O) groups excluding carboxylic acids is 1. The molecule has 3 rings (SSSR count). The Labute approximate surface area is 141 Å². The van der Waals surface area contributed by atoms with Crippen molar-refractivity contribution in [3.05, 3.63) is 53.6 Å². The number of hydrogen-bond donors (Lipinski definition) is 2. The number of rotatable bonds is 4. The van der Waals surface area contributed by atoms with Gasteiger partial charge in [-0.05, 0) is 56.1 Å². The highest BCUT2D eigenvalue weighted by Crippen LogP contribution is 2.31. The van der Waals surface area contributed by atoms with E-state index in [1.807, 2.05) is 39.0 Å². The Morgan fingerprint density at radius 1 is 1.29 bits per heavy atom. The summed E-state index contributed by atoms with van der Waals surface area (Å²) in [6.45, 7) is 6.16. The molecular weight excluding hydrogens is 305 g/mol. The fraction of sp³-hybridized carbons (Fsp3) is 0.278. The van der Waals surface area contributed by atoms with Crippen LogP contribution in [0.2, 0.25) is 0 Å². The Morgan fingerprint density at radius 3 is 2.79 bits per heavy atom. The highest BCUT2D eigenvalue weighted by molar-refractivity contribution is 6.62. The van der Waals surface area contributed by atoms with Gasteiger partial charge < -0.3 is 19.7 Å². The minimum atomic E-state index is -0.984. The van der Waals surface area contributed by atoms with E-state index >= 15 is 0 Å². The molecule has 0 spiro atoms. The molecule has 0 unspecified atom stereocenters. The SMILES string of the molecule is CCOc1ccccc1C(=O)Nc1ccc2c(c1)B(O)OC2(C)C. The Hall–Kier alpha value is -2.31. The predicted octanol–water partition coefficient (Wildman–Crippen LogP) is 2.29. The Bertz CT molecular complexity index is 775. The van der Waals surface area contributed by atoms with Crippen LogP contribution in [0.4, 0.5) is 5.69 Å². The lowest BCUT2D eigenvalue weighted by Crippen LogP contribution is -2.29. The summed E-state index contributed by atoms with van der Waals surface area (Å²) >= 11 is 0. The molecule has 0 aromatic heterocycles. The van der Waals surface area contributed by atoms with E-state index < -0.39 is 12.7 Å². The first-order valence-corrected chi connectivity index (χ1v) is 7.96. The van der Waals surface area contributed by atoms with Crippen molar-refractivity contribution in [1.29, 1.82) is 0 Å². The van der Waals surface area contributed by atoms with E-state index in [4.69, 9.17) is 9.39 Å². The monoisotopic (exact) mass is 325 g/mol. The zero-order valence-electron chi connectivity index (χ0n) is 14.0. The van der Waals surface area contributed by atoms with Crippen molar-refractivity contribution >= 4 is 24.2 Å². The molecule has 0 radical (unpaired) electrons. The summed E-state index contributed by atoms with van der Waals surface area (Å²) in [5.41, 5.74) is 2.12. The first-order chi connectivity index (χ1) is 11.4. The van der Waals surface area contributed by atoms with E-state index in [2.05, 4.69) is 5.32 Å². The van der Waals surface area contributed by atoms with Gasteiger partial charge in [-0.1, -0.05) is 18.2 Å². The second-order valence-corrected chi connectivity index (χ2v) is 6.17. The average Bonchev–Trinajstić information content (AvgIpc) is 2.77. The number of hydrogen-bond acceptors (Lipinski definition) is 4. The predicted molar refractivity (Wildman–Crippen MR) is 93.7 cm³/mol. The second kappa shape index (κ2) is 6.30. The maximum absolute atomic E-state index is 12.5. The highest BCUT2D eigenvalue weighted by Gasteiger charge is 2.40. The largest absolute Gasteiger partial charge is 0.493 e. The molecule has 0 saturated carbocycles. The van der Waals surface area contributed by atoms with E-state index in [1.165, 1.54) is 0 Å². The smallest absolute Gasteiger partial charge is 0.492 e. The van der Waals surface area contributed by atoms with Crippen molar-refractivity contribution in [2.75, 3.05) is 11.9 Å². The van der Waals surface area contributed by atoms with Gasteiger partial charge in [-0.3, -0.25) is 4.79 Å². The van der Waals surface area contributed by atoms with Gasteiger partial charge in [-0.25, -0.2) is 0 Å². The van der Waals surface area contributed by atoms with Gasteiger partial charge in [-0.2, -0.15) is 0 Å². The minimum absolute atomic E-state index is 0.258. The molecule has 1 heterocycles. The normalized spacial score (nSPS) is 15.1. The van der Waals surface area contributed by atoms with Crippen LogP contribution < -0.4 is 15.5 Å². The summed E-state index contributed by atoms with van der Waals surface area (Å²) in [5.74, 6) is 0.287. The lowest BCUT2D eigenvalue weighted by atomic mass is 9.78. The highest BCUT2D eigenvalue weighted by atomic mass is 16.5. The van der Waals surface area contributed by atoms with Gasteiger partial charge in [0.05, 0.1) is 17.8 Å². The molecule has 2 N–H and O–H groups in total. The van der Waals surface area contributed by atoms with Crippen molar-refractivity contribution in [1.82, 2.24) is 0 Å². The van der Waals surface area contributed by atoms with Crippen LogP contribution >= 0.6 is 0 Å². The van der Waals surface area contributed by atoms with Gasteiger partial charge in [0.15, 0.2) is 0 Å². The lowest BCUT2D eigenvalue weighted by Gasteiger charge is -2.19. The van der Waals surface area contributed by atoms with Gasteiger partial charge >= 0.3 is 7.12 Å². The number of fused-ring (bicyclic) bond motifs is 1. The number of anilines is 1. The molecule has 124 valence electrons. The van der Waals surface area contributed by atoms with Crippen molar-refractivity contribution < 1.29 is 19.2 Å². The summed E-state index contributed by atoms with van der Waals surface area (Å²) in [5, 5.41) is 12.9. The van der Waals surface area contributed by atoms with Crippen LogP contribution in [0, 0.1) is 0 Å². The molecule has 0 fully saturated rings. The molecule has 2 aromatic rings. The molecule has 0 aliphatic carbocycles. The van der Waals surface area contributed by atoms with Crippen LogP contribution in [0.15, 0.2) is 42.5 Å². The molecule has 5 nitrogen and oxygen atoms in total. The van der Waals surface area contributed by atoms with Crippen molar-refractivity contribution in [2.45, 2.75) is 26.4 Å². The number of ether oxygens (including phenoxy) is 1. The maximum atomic E-state index is 12.5. The Balaban J connectivity index is 1.85. The van der Waals surface area contributed by atoms with E-state index in [0.29, 0.717) is 29.1 Å². The minimum Gasteiger partial charge on any atom is -0.493 e. The standard InChI is InChI=1S/C18H20BNO4/c1-4-23-16-8-6-5-7-13(16)17(21)20-12-9-10-14-15(11-12)19(22)24-18(14,2)3/h5-11,22H,4H2,1-3H3,(H,20,21). The fourth-order valence-electron chi connectivity index (χ4n) is 2.93. The number of amides is 1. The number of benzene rings is 2. The zero-order chi connectivity index (χ0) is 17.3. The Morgan fingerprint density at radius 2 is 2.04 bits per heavy atom. The molecule has 24 heavy (non-hydrogen) atoms. The van der Waals surface area contributed by atoms with E-state index in [-0.39, 0.29) is 5.91 Å². The first-order valence-electron chi connectivity index (χ1n) is 7.96.